The second-order valence-corrected chi connectivity index (χ2v) is 8.36. The van der Waals surface area contributed by atoms with Crippen LogP contribution in [-0.2, 0) is 11.2 Å². The molecule has 7 heteroatoms. The number of allylic oxidation sites excluding steroid dienone is 3. The summed E-state index contributed by atoms with van der Waals surface area (Å²) in [5.41, 5.74) is -0.664. The Hall–Kier alpha value is -2.57. The molecule has 0 unspecified atom stereocenters. The van der Waals surface area contributed by atoms with Gasteiger partial charge in [0.1, 0.15) is 5.83 Å². The van der Waals surface area contributed by atoms with E-state index in [0.717, 1.165) is 31.7 Å². The molecule has 1 aromatic rings. The van der Waals surface area contributed by atoms with Gasteiger partial charge in [0, 0.05) is 17.9 Å². The summed E-state index contributed by atoms with van der Waals surface area (Å²) in [6.45, 7) is 9.11. The molecule has 0 saturated heterocycles. The molecule has 1 aliphatic heterocycles. The van der Waals surface area contributed by atoms with Gasteiger partial charge < -0.3 is 9.47 Å². The molecule has 1 fully saturated rings. The van der Waals surface area contributed by atoms with E-state index in [-0.39, 0.29) is 23.3 Å². The molecule has 3 rings (SSSR count). The number of halogens is 5. The average molecular weight is 454 g/mol. The Kier molecular flexibility index (Phi) is 7.47. The van der Waals surface area contributed by atoms with E-state index in [4.69, 9.17) is 9.47 Å². The summed E-state index contributed by atoms with van der Waals surface area (Å²) in [5.74, 6) is -8.16. The van der Waals surface area contributed by atoms with Gasteiger partial charge in [-0.25, -0.2) is 13.2 Å². The van der Waals surface area contributed by atoms with Crippen LogP contribution < -0.4 is 4.74 Å². The zero-order valence-electron chi connectivity index (χ0n) is 18.3. The van der Waals surface area contributed by atoms with Gasteiger partial charge in [0.05, 0.1) is 12.7 Å². The van der Waals surface area contributed by atoms with Gasteiger partial charge in [-0.15, -0.1) is 0 Å². The Morgan fingerprint density at radius 2 is 1.78 bits per heavy atom. The van der Waals surface area contributed by atoms with Crippen molar-refractivity contribution in [3.8, 4) is 5.75 Å². The molecule has 0 amide bonds. The summed E-state index contributed by atoms with van der Waals surface area (Å²) in [6.07, 6.45) is 4.43. The van der Waals surface area contributed by atoms with E-state index in [1.165, 1.54) is 7.11 Å². The van der Waals surface area contributed by atoms with Crippen LogP contribution in [0.2, 0.25) is 0 Å². The van der Waals surface area contributed by atoms with Crippen LogP contribution in [0, 0.1) is 23.5 Å². The van der Waals surface area contributed by atoms with Gasteiger partial charge in [-0.2, -0.15) is 8.78 Å². The zero-order valence-corrected chi connectivity index (χ0v) is 18.3. The summed E-state index contributed by atoms with van der Waals surface area (Å²) in [6, 6.07) is 0.996. The average Bonchev–Trinajstić information content (AvgIpc) is 2.80. The van der Waals surface area contributed by atoms with Crippen LogP contribution in [0.3, 0.4) is 0 Å². The number of ether oxygens (including phenoxy) is 2. The molecule has 2 nitrogen and oxygen atoms in total. The largest absolute Gasteiger partial charge is 0.494 e. The monoisotopic (exact) mass is 454 g/mol. The third-order valence-corrected chi connectivity index (χ3v) is 6.21. The molecule has 0 bridgehead atoms. The Morgan fingerprint density at radius 3 is 2.38 bits per heavy atom. The molecule has 0 atom stereocenters. The summed E-state index contributed by atoms with van der Waals surface area (Å²) in [4.78, 5) is 0. The molecule has 1 aromatic carbocycles. The van der Waals surface area contributed by atoms with Crippen molar-refractivity contribution < 1.29 is 31.4 Å². The fourth-order valence-corrected chi connectivity index (χ4v) is 4.38. The molecule has 0 radical (unpaired) electrons. The van der Waals surface area contributed by atoms with Crippen LogP contribution in [0.1, 0.15) is 56.6 Å². The van der Waals surface area contributed by atoms with E-state index >= 15 is 0 Å². The fourth-order valence-electron chi connectivity index (χ4n) is 4.38. The molecule has 0 N–H and O–H groups in total. The standard InChI is InChI=1S/C25H27F5O2/c1-5-6-15-7-9-16(10-8-15)20(27)21(28)18-12-17-11-13(2)24(19(26)14(3)31-4)32-25(17)23(30)22(18)29/h12,15-16H,2-3,5-11H2,1,4H3/b21-20+,24-19-. The maximum absolute atomic E-state index is 15.0. The first-order valence-corrected chi connectivity index (χ1v) is 10.7. The van der Waals surface area contributed by atoms with E-state index in [1.807, 2.05) is 0 Å². The lowest BCUT2D eigenvalue weighted by atomic mass is 9.79. The molecule has 0 spiro atoms. The van der Waals surface area contributed by atoms with Crippen molar-refractivity contribution in [3.63, 3.8) is 0 Å². The lowest BCUT2D eigenvalue weighted by Gasteiger charge is -2.28. The van der Waals surface area contributed by atoms with Crippen LogP contribution in [0.25, 0.3) is 5.83 Å². The van der Waals surface area contributed by atoms with E-state index in [0.29, 0.717) is 18.8 Å². The normalized spacial score (nSPS) is 23.2. The van der Waals surface area contributed by atoms with Gasteiger partial charge in [-0.3, -0.25) is 0 Å². The van der Waals surface area contributed by atoms with Crippen LogP contribution in [-0.4, -0.2) is 7.11 Å². The molecule has 32 heavy (non-hydrogen) atoms. The van der Waals surface area contributed by atoms with Crippen LogP contribution in [0.4, 0.5) is 22.0 Å². The van der Waals surface area contributed by atoms with Crippen molar-refractivity contribution in [1.29, 1.82) is 0 Å². The Labute approximate surface area is 185 Å². The Bertz CT molecular complexity index is 985. The van der Waals surface area contributed by atoms with Gasteiger partial charge >= 0.3 is 0 Å². The van der Waals surface area contributed by atoms with Crippen molar-refractivity contribution in [1.82, 2.24) is 0 Å². The lowest BCUT2D eigenvalue weighted by molar-refractivity contribution is 0.261. The van der Waals surface area contributed by atoms with Gasteiger partial charge in [-0.05, 0) is 43.2 Å². The van der Waals surface area contributed by atoms with E-state index in [2.05, 4.69) is 20.1 Å². The van der Waals surface area contributed by atoms with E-state index < -0.39 is 52.1 Å². The van der Waals surface area contributed by atoms with Crippen LogP contribution >= 0.6 is 0 Å². The zero-order chi connectivity index (χ0) is 23.6. The highest BCUT2D eigenvalue weighted by Crippen LogP contribution is 2.43. The molecule has 2 aliphatic rings. The second-order valence-electron chi connectivity index (χ2n) is 8.36. The second kappa shape index (κ2) is 9.92. The first-order chi connectivity index (χ1) is 15.2. The van der Waals surface area contributed by atoms with Crippen LogP contribution in [0.15, 0.2) is 48.0 Å². The highest BCUT2D eigenvalue weighted by molar-refractivity contribution is 5.65. The van der Waals surface area contributed by atoms with Gasteiger partial charge in [0.25, 0.3) is 0 Å². The van der Waals surface area contributed by atoms with Crippen molar-refractivity contribution >= 4 is 5.83 Å². The van der Waals surface area contributed by atoms with Crippen molar-refractivity contribution in [2.45, 2.75) is 51.9 Å². The topological polar surface area (TPSA) is 18.5 Å². The summed E-state index contributed by atoms with van der Waals surface area (Å²) in [7, 11) is 1.19. The lowest BCUT2D eigenvalue weighted by Crippen LogP contribution is -2.16. The minimum atomic E-state index is -1.59. The van der Waals surface area contributed by atoms with Crippen molar-refractivity contribution in [2.75, 3.05) is 7.11 Å². The highest BCUT2D eigenvalue weighted by atomic mass is 19.2. The van der Waals surface area contributed by atoms with Crippen molar-refractivity contribution in [3.05, 3.63) is 70.7 Å². The molecular formula is C25H27F5O2. The minimum Gasteiger partial charge on any atom is -0.494 e. The summed E-state index contributed by atoms with van der Waals surface area (Å²) < 4.78 is 83.6. The molecule has 0 aromatic heterocycles. The smallest absolute Gasteiger partial charge is 0.207 e. The number of benzene rings is 1. The first-order valence-electron chi connectivity index (χ1n) is 10.7. The van der Waals surface area contributed by atoms with E-state index in [9.17, 15) is 22.0 Å². The quantitative estimate of drug-likeness (QED) is 0.320. The number of rotatable bonds is 6. The fraction of sp³-hybridized carbons (Fsp3) is 0.440. The predicted octanol–water partition coefficient (Wildman–Crippen LogP) is 8.01. The predicted molar refractivity (Wildman–Crippen MR) is 114 cm³/mol. The van der Waals surface area contributed by atoms with Crippen LogP contribution in [0.5, 0.6) is 5.75 Å². The van der Waals surface area contributed by atoms with Gasteiger partial charge in [0.2, 0.25) is 11.6 Å². The third-order valence-electron chi connectivity index (χ3n) is 6.21. The maximum atomic E-state index is 15.0. The molecular weight excluding hydrogens is 427 g/mol. The molecule has 1 aliphatic carbocycles. The number of methoxy groups -OCH3 is 1. The summed E-state index contributed by atoms with van der Waals surface area (Å²) >= 11 is 0. The minimum absolute atomic E-state index is 0.0399. The Morgan fingerprint density at radius 1 is 1.12 bits per heavy atom. The number of hydrogen-bond donors (Lipinski definition) is 0. The summed E-state index contributed by atoms with van der Waals surface area (Å²) in [5, 5.41) is 0. The number of fused-ring (bicyclic) bond motifs is 1. The van der Waals surface area contributed by atoms with E-state index in [1.54, 1.807) is 0 Å². The Balaban J connectivity index is 1.94. The molecule has 1 heterocycles. The third kappa shape index (κ3) is 4.62. The maximum Gasteiger partial charge on any atom is 0.207 e. The van der Waals surface area contributed by atoms with Gasteiger partial charge in [0.15, 0.2) is 28.9 Å². The van der Waals surface area contributed by atoms with Crippen molar-refractivity contribution in [2.24, 2.45) is 11.8 Å². The first kappa shape index (κ1) is 24.1. The highest BCUT2D eigenvalue weighted by Gasteiger charge is 2.32. The number of hydrogen-bond acceptors (Lipinski definition) is 2. The SMILES string of the molecule is C=C(OC)/C(F)=C1/Oc2c(cc(/C(F)=C(\F)C3CCC(CCC)CC3)c(F)c2F)CC1=C. The molecule has 174 valence electrons. The van der Waals surface area contributed by atoms with Gasteiger partial charge in [-0.1, -0.05) is 32.9 Å². The molecule has 1 saturated carbocycles.